The van der Waals surface area contributed by atoms with Crippen LogP contribution in [0.2, 0.25) is 0 Å². The van der Waals surface area contributed by atoms with Crippen molar-refractivity contribution in [2.45, 2.75) is 47.2 Å². The Morgan fingerprint density at radius 2 is 1.30 bits per heavy atom. The summed E-state index contributed by atoms with van der Waals surface area (Å²) in [6, 6.07) is 22.5. The molecule has 0 aliphatic heterocycles. The number of hydrogen-bond donors (Lipinski definition) is 1. The molecule has 3 aromatic carbocycles. The molecule has 1 amide bonds. The molecule has 0 spiro atoms. The van der Waals surface area contributed by atoms with E-state index in [0.29, 0.717) is 5.56 Å². The minimum atomic E-state index is -4.22. The van der Waals surface area contributed by atoms with E-state index in [4.69, 9.17) is 9.05 Å². The number of carbonyl (C=O) groups is 3. The van der Waals surface area contributed by atoms with E-state index in [1.54, 1.807) is 18.2 Å². The number of hydrogen-bond acceptors (Lipinski definition) is 8. The molecule has 0 bridgehead atoms. The van der Waals surface area contributed by atoms with Gasteiger partial charge in [0, 0.05) is 28.5 Å². The number of nitrogens with one attached hydrogen (secondary N) is 1. The van der Waals surface area contributed by atoms with Crippen molar-refractivity contribution in [3.8, 4) is 0 Å². The van der Waals surface area contributed by atoms with Crippen molar-refractivity contribution in [1.82, 2.24) is 5.32 Å². The van der Waals surface area contributed by atoms with Gasteiger partial charge in [-0.05, 0) is 28.0 Å². The molecule has 10 heteroatoms. The molecule has 1 N–H and O–H groups in total. The Morgan fingerprint density at radius 3 is 1.86 bits per heavy atom. The van der Waals surface area contributed by atoms with Crippen LogP contribution in [-0.2, 0) is 28.0 Å². The van der Waals surface area contributed by atoms with Gasteiger partial charge in [0.1, 0.15) is 0 Å². The molecule has 0 heterocycles. The van der Waals surface area contributed by atoms with E-state index >= 15 is 0 Å². The summed E-state index contributed by atoms with van der Waals surface area (Å²) in [4.78, 5) is 38.9. The fourth-order valence-electron chi connectivity index (χ4n) is 4.02. The zero-order valence-electron chi connectivity index (χ0n) is 26.2. The van der Waals surface area contributed by atoms with Crippen LogP contribution < -0.4 is 5.32 Å². The Bertz CT molecular complexity index is 1470. The Kier molecular flexibility index (Phi) is 13.1. The summed E-state index contributed by atoms with van der Waals surface area (Å²) in [5.74, 6) is -0.0921. The molecule has 0 aliphatic rings. The second-order valence-corrected chi connectivity index (χ2v) is 16.4. The van der Waals surface area contributed by atoms with E-state index in [0.717, 1.165) is 39.9 Å². The molecule has 0 radical (unpaired) electrons. The average Bonchev–Trinajstić information content (AvgIpc) is 2.97. The first-order chi connectivity index (χ1) is 20.7. The van der Waals surface area contributed by atoms with E-state index < -0.39 is 30.0 Å². The lowest BCUT2D eigenvalue weighted by Gasteiger charge is -2.27. The van der Waals surface area contributed by atoms with Gasteiger partial charge in [-0.2, -0.15) is 0 Å². The number of fused-ring (bicyclic) bond motifs is 1. The number of carbonyl (C=O) groups excluding carboxylic acids is 3. The van der Waals surface area contributed by atoms with E-state index in [1.807, 2.05) is 102 Å². The summed E-state index contributed by atoms with van der Waals surface area (Å²) in [6.07, 6.45) is 3.25. The number of amides is 1. The van der Waals surface area contributed by atoms with Crippen LogP contribution in [0.4, 0.5) is 0 Å². The molecular weight excluding hydrogens is 613 g/mol. The van der Waals surface area contributed by atoms with Gasteiger partial charge in [0.15, 0.2) is 15.9 Å². The van der Waals surface area contributed by atoms with Crippen LogP contribution >= 0.6 is 31.1 Å². The van der Waals surface area contributed by atoms with Gasteiger partial charge >= 0.3 is 7.60 Å². The second-order valence-electron chi connectivity index (χ2n) is 12.2. The van der Waals surface area contributed by atoms with Gasteiger partial charge in [-0.15, -0.1) is 0 Å². The standard InChI is InChI=1S/C34H42NO6PS2/c1-33(2,3)31(37)43-23-21-40-42(39,41-22-24-44-32(38)34(4,5)6)29(28-18-12-16-26-15-10-11-17-27(26)28)30(36)35-20-19-25-13-8-7-9-14-25/h7-20,29H,21-24H2,1-6H3,(H,35,36). The lowest BCUT2D eigenvalue weighted by Crippen LogP contribution is -2.27. The van der Waals surface area contributed by atoms with Gasteiger partial charge in [-0.25, -0.2) is 0 Å². The Hall–Kier alpha value is -2.68. The highest BCUT2D eigenvalue weighted by Gasteiger charge is 2.43. The van der Waals surface area contributed by atoms with E-state index in [9.17, 15) is 18.9 Å². The predicted octanol–water partition coefficient (Wildman–Crippen LogP) is 8.51. The van der Waals surface area contributed by atoms with Crippen molar-refractivity contribution in [2.75, 3.05) is 24.7 Å². The zero-order valence-corrected chi connectivity index (χ0v) is 28.7. The molecule has 0 saturated carbocycles. The zero-order chi connectivity index (χ0) is 32.4. The number of thioether (sulfide) groups is 2. The molecule has 0 aliphatic carbocycles. The molecule has 236 valence electrons. The van der Waals surface area contributed by atoms with Gasteiger partial charge in [-0.1, -0.05) is 138 Å². The third-order valence-corrected chi connectivity index (χ3v) is 11.1. The highest BCUT2D eigenvalue weighted by atomic mass is 32.2. The normalized spacial score (nSPS) is 13.2. The third-order valence-electron chi connectivity index (χ3n) is 6.38. The molecule has 0 aromatic heterocycles. The van der Waals surface area contributed by atoms with Gasteiger partial charge in [0.25, 0.3) is 0 Å². The molecule has 7 nitrogen and oxygen atoms in total. The molecule has 3 rings (SSSR count). The smallest absolute Gasteiger partial charge is 0.332 e. The second kappa shape index (κ2) is 16.1. The van der Waals surface area contributed by atoms with Crippen LogP contribution in [0, 0.1) is 10.8 Å². The maximum Gasteiger partial charge on any atom is 0.347 e. The molecular formula is C34H42NO6PS2. The van der Waals surface area contributed by atoms with Gasteiger partial charge in [0.05, 0.1) is 13.2 Å². The minimum absolute atomic E-state index is 0.0247. The fourth-order valence-corrected chi connectivity index (χ4v) is 7.83. The van der Waals surface area contributed by atoms with Crippen molar-refractivity contribution in [1.29, 1.82) is 0 Å². The van der Waals surface area contributed by atoms with Crippen LogP contribution in [0.3, 0.4) is 0 Å². The summed E-state index contributed by atoms with van der Waals surface area (Å²) in [7, 11) is -4.22. The number of rotatable bonds is 13. The summed E-state index contributed by atoms with van der Waals surface area (Å²) in [6.45, 7) is 10.8. The predicted molar refractivity (Wildman–Crippen MR) is 184 cm³/mol. The maximum atomic E-state index is 14.8. The van der Waals surface area contributed by atoms with Gasteiger partial charge in [-0.3, -0.25) is 18.9 Å². The summed E-state index contributed by atoms with van der Waals surface area (Å²) in [5.41, 5.74) is -1.03. The van der Waals surface area contributed by atoms with Gasteiger partial charge < -0.3 is 14.4 Å². The molecule has 1 atom stereocenters. The molecule has 3 aromatic rings. The third kappa shape index (κ3) is 10.5. The minimum Gasteiger partial charge on any atom is -0.332 e. The lowest BCUT2D eigenvalue weighted by molar-refractivity contribution is -0.120. The fraction of sp³-hybridized carbons (Fsp3) is 0.382. The highest BCUT2D eigenvalue weighted by Crippen LogP contribution is 2.62. The number of benzene rings is 3. The Labute approximate surface area is 269 Å². The van der Waals surface area contributed by atoms with E-state index in [1.165, 1.54) is 6.20 Å². The average molecular weight is 656 g/mol. The molecule has 0 saturated heterocycles. The summed E-state index contributed by atoms with van der Waals surface area (Å²) < 4.78 is 26.8. The van der Waals surface area contributed by atoms with Crippen LogP contribution in [0.1, 0.15) is 58.3 Å². The van der Waals surface area contributed by atoms with Crippen molar-refractivity contribution in [2.24, 2.45) is 10.8 Å². The molecule has 0 fully saturated rings. The quantitative estimate of drug-likeness (QED) is 0.145. The van der Waals surface area contributed by atoms with Crippen LogP contribution in [0.15, 0.2) is 79.0 Å². The van der Waals surface area contributed by atoms with Crippen molar-refractivity contribution in [3.63, 3.8) is 0 Å². The molecule has 1 unspecified atom stereocenters. The Balaban J connectivity index is 1.96. The van der Waals surface area contributed by atoms with E-state index in [-0.39, 0.29) is 35.0 Å². The molecule has 44 heavy (non-hydrogen) atoms. The van der Waals surface area contributed by atoms with Crippen molar-refractivity contribution < 1.29 is 28.0 Å². The van der Waals surface area contributed by atoms with Crippen LogP contribution in [0.25, 0.3) is 16.8 Å². The first kappa shape index (κ1) is 35.8. The first-order valence-electron chi connectivity index (χ1n) is 14.5. The Morgan fingerprint density at radius 1 is 0.773 bits per heavy atom. The largest absolute Gasteiger partial charge is 0.347 e. The topological polar surface area (TPSA) is 98.8 Å². The van der Waals surface area contributed by atoms with Gasteiger partial charge in [0.2, 0.25) is 5.91 Å². The SMILES string of the molecule is CC(C)(C)C(=O)SCCOP(=O)(OCCSC(=O)C(C)(C)C)C(C(=O)NC=Cc1ccccc1)c1cccc2ccccc12. The monoisotopic (exact) mass is 655 g/mol. The van der Waals surface area contributed by atoms with Crippen LogP contribution in [-0.4, -0.2) is 40.9 Å². The maximum absolute atomic E-state index is 14.8. The van der Waals surface area contributed by atoms with E-state index in [2.05, 4.69) is 5.32 Å². The highest BCUT2D eigenvalue weighted by molar-refractivity contribution is 8.14. The van der Waals surface area contributed by atoms with Crippen molar-refractivity contribution >= 4 is 64.1 Å². The lowest BCUT2D eigenvalue weighted by atomic mass is 9.99. The first-order valence-corrected chi connectivity index (χ1v) is 18.0. The summed E-state index contributed by atoms with van der Waals surface area (Å²) >= 11 is 2.18. The van der Waals surface area contributed by atoms with Crippen molar-refractivity contribution in [3.05, 3.63) is 90.1 Å². The summed E-state index contributed by atoms with van der Waals surface area (Å²) in [5, 5.41) is 4.34. The van der Waals surface area contributed by atoms with Crippen LogP contribution in [0.5, 0.6) is 0 Å².